The molecule has 138 valence electrons. The molecule has 0 saturated heterocycles. The fourth-order valence-electron chi connectivity index (χ4n) is 3.35. The Kier molecular flexibility index (Phi) is 4.81. The summed E-state index contributed by atoms with van der Waals surface area (Å²) in [5.74, 6) is 3.99. The molecule has 0 atom stereocenters. The molecule has 2 aliphatic rings. The van der Waals surface area contributed by atoms with E-state index in [1.165, 1.54) is 24.1 Å². The lowest BCUT2D eigenvalue weighted by atomic mass is 9.78. The molecule has 2 saturated carbocycles. The van der Waals surface area contributed by atoms with Gasteiger partial charge in [0.1, 0.15) is 24.0 Å². The molecule has 0 amide bonds. The van der Waals surface area contributed by atoms with Gasteiger partial charge in [-0.1, -0.05) is 17.7 Å². The van der Waals surface area contributed by atoms with E-state index in [1.807, 2.05) is 12.1 Å². The Balaban J connectivity index is 1.41. The van der Waals surface area contributed by atoms with Crippen molar-refractivity contribution in [2.45, 2.75) is 50.5 Å². The van der Waals surface area contributed by atoms with E-state index in [0.29, 0.717) is 24.5 Å². The van der Waals surface area contributed by atoms with Gasteiger partial charge < -0.3 is 15.4 Å². The van der Waals surface area contributed by atoms with Crippen molar-refractivity contribution in [2.24, 2.45) is 5.73 Å². The van der Waals surface area contributed by atoms with Crippen LogP contribution in [0.1, 0.15) is 54.6 Å². The molecule has 5 heteroatoms. The summed E-state index contributed by atoms with van der Waals surface area (Å²) in [6, 6.07) is 10.7. The van der Waals surface area contributed by atoms with Crippen LogP contribution in [0.25, 0.3) is 0 Å². The predicted molar refractivity (Wildman–Crippen MR) is 104 cm³/mol. The first-order chi connectivity index (χ1) is 12.6. The smallest absolute Gasteiger partial charge is 0.134 e. The highest BCUT2D eigenvalue weighted by Gasteiger charge is 2.32. The molecule has 0 aliphatic heterocycles. The Morgan fingerprint density at radius 1 is 1.12 bits per heavy atom. The van der Waals surface area contributed by atoms with Crippen molar-refractivity contribution in [3.63, 3.8) is 0 Å². The number of nitrogens with two attached hydrogens (primary N) is 1. The molecule has 0 bridgehead atoms. The van der Waals surface area contributed by atoms with Gasteiger partial charge in [0.15, 0.2) is 0 Å². The fraction of sp³-hybridized carbons (Fsp3) is 0.524. The molecular weight excluding hydrogens is 324 g/mol. The maximum atomic E-state index is 5.97. The van der Waals surface area contributed by atoms with Crippen LogP contribution < -0.4 is 15.4 Å². The number of nitrogens with zero attached hydrogens (tertiary/aromatic N) is 3. The van der Waals surface area contributed by atoms with Crippen molar-refractivity contribution in [1.29, 1.82) is 0 Å². The second-order valence-corrected chi connectivity index (χ2v) is 7.79. The first-order valence-electron chi connectivity index (χ1n) is 9.63. The summed E-state index contributed by atoms with van der Waals surface area (Å²) < 4.78 is 5.87. The van der Waals surface area contributed by atoms with Gasteiger partial charge in [0.2, 0.25) is 0 Å². The molecule has 1 aromatic heterocycles. The third-order valence-corrected chi connectivity index (χ3v) is 5.39. The maximum Gasteiger partial charge on any atom is 0.134 e. The van der Waals surface area contributed by atoms with Gasteiger partial charge in [0.25, 0.3) is 0 Å². The van der Waals surface area contributed by atoms with Crippen LogP contribution in [-0.2, 0) is 0 Å². The number of hydrogen-bond donors (Lipinski definition) is 1. The molecule has 1 aromatic carbocycles. The Hall–Kier alpha value is -2.14. The van der Waals surface area contributed by atoms with Gasteiger partial charge in [-0.2, -0.15) is 0 Å². The van der Waals surface area contributed by atoms with Crippen LogP contribution in [0, 0.1) is 6.92 Å². The van der Waals surface area contributed by atoms with Crippen molar-refractivity contribution in [2.75, 3.05) is 25.1 Å². The number of aromatic nitrogens is 2. The van der Waals surface area contributed by atoms with Crippen LogP contribution in [0.15, 0.2) is 30.3 Å². The zero-order valence-electron chi connectivity index (χ0n) is 15.7. The SMILES string of the molecule is Cc1ccc(OCCN(C)c2cc(C3CC(N)C3)nc(C3CC3)n2)cc1. The molecule has 1 heterocycles. The van der Waals surface area contributed by atoms with Crippen LogP contribution in [0.3, 0.4) is 0 Å². The predicted octanol–water partition coefficient (Wildman–Crippen LogP) is 3.38. The Labute approximate surface area is 155 Å². The average Bonchev–Trinajstić information content (AvgIpc) is 3.45. The highest BCUT2D eigenvalue weighted by atomic mass is 16.5. The molecule has 2 fully saturated rings. The number of anilines is 1. The van der Waals surface area contributed by atoms with Gasteiger partial charge in [-0.25, -0.2) is 9.97 Å². The molecule has 2 aromatic rings. The van der Waals surface area contributed by atoms with Crippen LogP contribution in [0.4, 0.5) is 5.82 Å². The lowest BCUT2D eigenvalue weighted by molar-refractivity contribution is 0.325. The highest BCUT2D eigenvalue weighted by molar-refractivity contribution is 5.41. The number of rotatable bonds is 7. The number of hydrogen-bond acceptors (Lipinski definition) is 5. The molecule has 5 nitrogen and oxygen atoms in total. The Bertz CT molecular complexity index is 751. The van der Waals surface area contributed by atoms with E-state index < -0.39 is 0 Å². The van der Waals surface area contributed by atoms with Crippen molar-refractivity contribution in [3.05, 3.63) is 47.4 Å². The van der Waals surface area contributed by atoms with Gasteiger partial charge in [0, 0.05) is 36.7 Å². The second-order valence-electron chi connectivity index (χ2n) is 7.79. The standard InChI is InChI=1S/C21H28N4O/c1-14-3-7-18(8-4-14)26-10-9-25(2)20-13-19(16-11-17(22)12-16)23-21(24-20)15-5-6-15/h3-4,7-8,13,15-17H,5-6,9-12,22H2,1-2H3. The van der Waals surface area contributed by atoms with E-state index in [-0.39, 0.29) is 0 Å². The molecular formula is C21H28N4O. The van der Waals surface area contributed by atoms with Gasteiger partial charge in [-0.15, -0.1) is 0 Å². The monoisotopic (exact) mass is 352 g/mol. The lowest BCUT2D eigenvalue weighted by Gasteiger charge is -2.32. The minimum Gasteiger partial charge on any atom is -0.492 e. The Morgan fingerprint density at radius 3 is 2.50 bits per heavy atom. The van der Waals surface area contributed by atoms with Crippen molar-refractivity contribution in [3.8, 4) is 5.75 Å². The Morgan fingerprint density at radius 2 is 1.85 bits per heavy atom. The molecule has 2 N–H and O–H groups in total. The number of likely N-dealkylation sites (N-methyl/N-ethyl adjacent to an activating group) is 1. The van der Waals surface area contributed by atoms with Crippen LogP contribution >= 0.6 is 0 Å². The summed E-state index contributed by atoms with van der Waals surface area (Å²) in [6.45, 7) is 3.50. The largest absolute Gasteiger partial charge is 0.492 e. The summed E-state index contributed by atoms with van der Waals surface area (Å²) in [4.78, 5) is 11.8. The lowest BCUT2D eigenvalue weighted by Crippen LogP contribution is -2.35. The minimum atomic E-state index is 0.337. The third-order valence-electron chi connectivity index (χ3n) is 5.39. The van der Waals surface area contributed by atoms with E-state index in [1.54, 1.807) is 0 Å². The highest BCUT2D eigenvalue weighted by Crippen LogP contribution is 2.41. The van der Waals surface area contributed by atoms with Gasteiger partial charge in [-0.05, 0) is 44.7 Å². The third kappa shape index (κ3) is 3.98. The topological polar surface area (TPSA) is 64.3 Å². The molecule has 4 rings (SSSR count). The van der Waals surface area contributed by atoms with Crippen molar-refractivity contribution >= 4 is 5.82 Å². The maximum absolute atomic E-state index is 5.97. The summed E-state index contributed by atoms with van der Waals surface area (Å²) in [5.41, 5.74) is 8.39. The van der Waals surface area contributed by atoms with E-state index in [9.17, 15) is 0 Å². The second kappa shape index (κ2) is 7.23. The summed E-state index contributed by atoms with van der Waals surface area (Å²) in [7, 11) is 2.08. The van der Waals surface area contributed by atoms with Gasteiger partial charge in [-0.3, -0.25) is 0 Å². The van der Waals surface area contributed by atoms with E-state index in [0.717, 1.165) is 36.8 Å². The minimum absolute atomic E-state index is 0.337. The first kappa shape index (κ1) is 17.3. The molecule has 0 radical (unpaired) electrons. The first-order valence-corrected chi connectivity index (χ1v) is 9.63. The van der Waals surface area contributed by atoms with Crippen LogP contribution in [0.5, 0.6) is 5.75 Å². The number of ether oxygens (including phenoxy) is 1. The molecule has 2 aliphatic carbocycles. The summed E-state index contributed by atoms with van der Waals surface area (Å²) in [5, 5.41) is 0. The van der Waals surface area contributed by atoms with E-state index in [4.69, 9.17) is 20.4 Å². The zero-order valence-corrected chi connectivity index (χ0v) is 15.7. The van der Waals surface area contributed by atoms with Gasteiger partial charge >= 0.3 is 0 Å². The quantitative estimate of drug-likeness (QED) is 0.827. The number of benzene rings is 1. The zero-order chi connectivity index (χ0) is 18.1. The van der Waals surface area contributed by atoms with Crippen molar-refractivity contribution in [1.82, 2.24) is 9.97 Å². The molecule has 0 spiro atoms. The van der Waals surface area contributed by atoms with E-state index in [2.05, 4.69) is 37.1 Å². The van der Waals surface area contributed by atoms with Crippen LogP contribution in [-0.4, -0.2) is 36.2 Å². The van der Waals surface area contributed by atoms with Crippen molar-refractivity contribution < 1.29 is 4.74 Å². The summed E-state index contributed by atoms with van der Waals surface area (Å²) >= 11 is 0. The van der Waals surface area contributed by atoms with Crippen LogP contribution in [0.2, 0.25) is 0 Å². The van der Waals surface area contributed by atoms with Gasteiger partial charge in [0.05, 0.1) is 6.54 Å². The van der Waals surface area contributed by atoms with E-state index >= 15 is 0 Å². The normalized spacial score (nSPS) is 22.0. The molecule has 0 unspecified atom stereocenters. The summed E-state index contributed by atoms with van der Waals surface area (Å²) in [6.07, 6.45) is 4.52. The number of aryl methyl sites for hydroxylation is 1. The fourth-order valence-corrected chi connectivity index (χ4v) is 3.35. The molecule has 26 heavy (non-hydrogen) atoms. The average molecular weight is 352 g/mol.